The molecule has 0 atom stereocenters. The summed E-state index contributed by atoms with van der Waals surface area (Å²) in [5.41, 5.74) is 0.388. The summed E-state index contributed by atoms with van der Waals surface area (Å²) < 4.78 is 0.727. The lowest BCUT2D eigenvalue weighted by molar-refractivity contribution is 0.0998. The van der Waals surface area contributed by atoms with E-state index in [0.29, 0.717) is 15.9 Å². The number of pyridine rings is 1. The lowest BCUT2D eigenvalue weighted by Crippen LogP contribution is -2.09. The van der Waals surface area contributed by atoms with Crippen molar-refractivity contribution in [2.24, 2.45) is 4.99 Å². The highest BCUT2D eigenvalue weighted by molar-refractivity contribution is 6.31. The molecule has 6 heteroatoms. The SMILES string of the molecule is O=C(N=c1ccn(O)c(Cl)c1)c1cccc(Cl)c1. The number of nitrogens with zero attached hydrogens (tertiary/aromatic N) is 2. The van der Waals surface area contributed by atoms with Crippen LogP contribution >= 0.6 is 23.2 Å². The van der Waals surface area contributed by atoms with Crippen molar-refractivity contribution in [2.75, 3.05) is 0 Å². The zero-order valence-corrected chi connectivity index (χ0v) is 10.6. The molecule has 1 amide bonds. The zero-order valence-electron chi connectivity index (χ0n) is 9.05. The molecule has 2 rings (SSSR count). The van der Waals surface area contributed by atoms with Crippen molar-refractivity contribution in [3.05, 3.63) is 63.7 Å². The van der Waals surface area contributed by atoms with Crippen LogP contribution < -0.4 is 5.36 Å². The van der Waals surface area contributed by atoms with Gasteiger partial charge in [0.15, 0.2) is 0 Å². The van der Waals surface area contributed by atoms with E-state index in [1.165, 1.54) is 24.4 Å². The van der Waals surface area contributed by atoms with Crippen molar-refractivity contribution in [1.29, 1.82) is 0 Å². The number of hydrogen-bond acceptors (Lipinski definition) is 2. The Morgan fingerprint density at radius 2 is 2.00 bits per heavy atom. The molecule has 0 fully saturated rings. The molecule has 0 saturated carbocycles. The van der Waals surface area contributed by atoms with E-state index in [9.17, 15) is 10.0 Å². The average Bonchev–Trinajstić information content (AvgIpc) is 2.34. The number of halogens is 2. The molecule has 0 aliphatic carbocycles. The minimum atomic E-state index is -0.427. The average molecular weight is 283 g/mol. The summed E-state index contributed by atoms with van der Waals surface area (Å²) >= 11 is 11.5. The highest BCUT2D eigenvalue weighted by Crippen LogP contribution is 2.11. The third kappa shape index (κ3) is 2.91. The van der Waals surface area contributed by atoms with Crippen LogP contribution in [-0.4, -0.2) is 15.8 Å². The number of aromatic nitrogens is 1. The summed E-state index contributed by atoms with van der Waals surface area (Å²) in [4.78, 5) is 15.7. The second-order valence-corrected chi connectivity index (χ2v) is 4.30. The Kier molecular flexibility index (Phi) is 3.69. The van der Waals surface area contributed by atoms with Gasteiger partial charge in [-0.2, -0.15) is 4.73 Å². The number of carbonyl (C=O) groups is 1. The largest absolute Gasteiger partial charge is 0.428 e. The van der Waals surface area contributed by atoms with Gasteiger partial charge in [0, 0.05) is 22.8 Å². The van der Waals surface area contributed by atoms with E-state index in [2.05, 4.69) is 4.99 Å². The van der Waals surface area contributed by atoms with E-state index in [-0.39, 0.29) is 5.15 Å². The fourth-order valence-corrected chi connectivity index (χ4v) is 1.69. The molecule has 1 aromatic heterocycles. The predicted octanol–water partition coefficient (Wildman–Crippen LogP) is 2.77. The highest BCUT2D eigenvalue weighted by atomic mass is 35.5. The van der Waals surface area contributed by atoms with Crippen molar-refractivity contribution in [3.63, 3.8) is 0 Å². The van der Waals surface area contributed by atoms with E-state index in [4.69, 9.17) is 23.2 Å². The van der Waals surface area contributed by atoms with Gasteiger partial charge in [-0.3, -0.25) is 4.79 Å². The number of amides is 1. The van der Waals surface area contributed by atoms with Gasteiger partial charge in [0.05, 0.1) is 5.36 Å². The number of rotatable bonds is 1. The molecule has 18 heavy (non-hydrogen) atoms. The van der Waals surface area contributed by atoms with Gasteiger partial charge in [-0.15, -0.1) is 0 Å². The van der Waals surface area contributed by atoms with E-state index in [0.717, 1.165) is 4.73 Å². The molecule has 0 aliphatic rings. The quantitative estimate of drug-likeness (QED) is 0.646. The van der Waals surface area contributed by atoms with Gasteiger partial charge < -0.3 is 5.21 Å². The first kappa shape index (κ1) is 12.7. The zero-order chi connectivity index (χ0) is 13.1. The monoisotopic (exact) mass is 282 g/mol. The normalized spacial score (nSPS) is 11.6. The van der Waals surface area contributed by atoms with Crippen LogP contribution in [0.3, 0.4) is 0 Å². The molecule has 0 saturated heterocycles. The van der Waals surface area contributed by atoms with Crippen LogP contribution in [-0.2, 0) is 0 Å². The van der Waals surface area contributed by atoms with Crippen LogP contribution in [0.15, 0.2) is 47.6 Å². The van der Waals surface area contributed by atoms with Crippen LogP contribution in [0.1, 0.15) is 10.4 Å². The van der Waals surface area contributed by atoms with E-state index >= 15 is 0 Å². The van der Waals surface area contributed by atoms with Crippen molar-refractivity contribution in [1.82, 2.24) is 4.73 Å². The summed E-state index contributed by atoms with van der Waals surface area (Å²) in [6.07, 6.45) is 1.30. The fraction of sp³-hybridized carbons (Fsp3) is 0. The molecule has 1 N–H and O–H groups in total. The van der Waals surface area contributed by atoms with Gasteiger partial charge >= 0.3 is 0 Å². The molecule has 1 aromatic carbocycles. The van der Waals surface area contributed by atoms with Gasteiger partial charge in [0.1, 0.15) is 5.15 Å². The molecule has 0 aliphatic heterocycles. The number of carbonyl (C=O) groups excluding carboxylic acids is 1. The second kappa shape index (κ2) is 5.25. The lowest BCUT2D eigenvalue weighted by atomic mass is 10.2. The molecule has 4 nitrogen and oxygen atoms in total. The van der Waals surface area contributed by atoms with Crippen molar-refractivity contribution >= 4 is 29.1 Å². The summed E-state index contributed by atoms with van der Waals surface area (Å²) in [7, 11) is 0. The second-order valence-electron chi connectivity index (χ2n) is 3.48. The maximum atomic E-state index is 11.8. The Hall–Kier alpha value is -1.78. The van der Waals surface area contributed by atoms with Crippen LogP contribution in [0.2, 0.25) is 10.2 Å². The first-order valence-corrected chi connectivity index (χ1v) is 5.74. The summed E-state index contributed by atoms with van der Waals surface area (Å²) in [5, 5.41) is 10.1. The maximum Gasteiger partial charge on any atom is 0.277 e. The molecule has 0 bridgehead atoms. The molecular formula is C12H8Cl2N2O2. The Labute approximate surface area is 113 Å². The van der Waals surface area contributed by atoms with Crippen molar-refractivity contribution in [2.45, 2.75) is 0 Å². The molecule has 0 radical (unpaired) electrons. The fourth-order valence-electron chi connectivity index (χ4n) is 1.33. The molecule has 0 unspecified atom stereocenters. The van der Waals surface area contributed by atoms with Crippen LogP contribution in [0.5, 0.6) is 0 Å². The third-order valence-corrected chi connectivity index (χ3v) is 2.69. The summed E-state index contributed by atoms with van der Waals surface area (Å²) in [6, 6.07) is 9.34. The topological polar surface area (TPSA) is 54.6 Å². The van der Waals surface area contributed by atoms with Gasteiger partial charge in [0.2, 0.25) is 0 Å². The first-order valence-electron chi connectivity index (χ1n) is 4.98. The van der Waals surface area contributed by atoms with E-state index < -0.39 is 5.91 Å². The molecule has 92 valence electrons. The van der Waals surface area contributed by atoms with Crippen LogP contribution in [0.4, 0.5) is 0 Å². The Morgan fingerprint density at radius 3 is 2.67 bits per heavy atom. The van der Waals surface area contributed by atoms with E-state index in [1.54, 1.807) is 18.2 Å². The van der Waals surface area contributed by atoms with Crippen molar-refractivity contribution < 1.29 is 10.0 Å². The molecule has 2 aromatic rings. The van der Waals surface area contributed by atoms with Crippen LogP contribution in [0.25, 0.3) is 0 Å². The Balaban J connectivity index is 2.38. The molecule has 0 spiro atoms. The number of hydrogen-bond donors (Lipinski definition) is 1. The molecule has 1 heterocycles. The van der Waals surface area contributed by atoms with Gasteiger partial charge in [-0.05, 0) is 24.3 Å². The van der Waals surface area contributed by atoms with Gasteiger partial charge in [0.25, 0.3) is 5.91 Å². The summed E-state index contributed by atoms with van der Waals surface area (Å²) in [5.74, 6) is -0.427. The standard InChI is InChI=1S/C12H8Cl2N2O2/c13-9-3-1-2-8(6-9)12(17)15-10-4-5-16(18)11(14)7-10/h1-7,18H. The first-order chi connectivity index (χ1) is 8.56. The van der Waals surface area contributed by atoms with Gasteiger partial charge in [-0.1, -0.05) is 29.3 Å². The summed E-state index contributed by atoms with van der Waals surface area (Å²) in [6.45, 7) is 0. The maximum absolute atomic E-state index is 11.8. The van der Waals surface area contributed by atoms with Crippen LogP contribution in [0, 0.1) is 0 Å². The minimum Gasteiger partial charge on any atom is -0.428 e. The highest BCUT2D eigenvalue weighted by Gasteiger charge is 2.04. The third-order valence-electron chi connectivity index (χ3n) is 2.17. The number of benzene rings is 1. The smallest absolute Gasteiger partial charge is 0.277 e. The molecular weight excluding hydrogens is 275 g/mol. The van der Waals surface area contributed by atoms with Crippen molar-refractivity contribution in [3.8, 4) is 0 Å². The minimum absolute atomic E-state index is 0.0649. The lowest BCUT2D eigenvalue weighted by Gasteiger charge is -1.99. The predicted molar refractivity (Wildman–Crippen MR) is 68.0 cm³/mol. The van der Waals surface area contributed by atoms with Gasteiger partial charge in [-0.25, -0.2) is 4.99 Å². The van der Waals surface area contributed by atoms with E-state index in [1.807, 2.05) is 0 Å². The Bertz CT molecular complexity index is 665. The Morgan fingerprint density at radius 1 is 1.22 bits per heavy atom.